The number of hydrogen-bond acceptors (Lipinski definition) is 3. The standard InChI is InChI=1S/C23H36O3/c1-4-15-6-8-19-18-7-5-16-13-17(25)14-21(26-12-11-24)23(16,3)20(18)9-10-22(15,19)2/h4,15-16,18-21,24H,1,5-14H2,2-3H3/t15-,16-,18-,19-,20-,21-,22-,23-/m0/s1. The molecule has 4 saturated carbocycles. The first-order valence-corrected chi connectivity index (χ1v) is 10.8. The lowest BCUT2D eigenvalue weighted by Crippen LogP contribution is -2.59. The van der Waals surface area contributed by atoms with Gasteiger partial charge in [-0.25, -0.2) is 0 Å². The van der Waals surface area contributed by atoms with Crippen molar-refractivity contribution in [3.05, 3.63) is 12.7 Å². The highest BCUT2D eigenvalue weighted by Crippen LogP contribution is 2.67. The fraction of sp³-hybridized carbons (Fsp3) is 0.870. The van der Waals surface area contributed by atoms with Crippen molar-refractivity contribution in [3.63, 3.8) is 0 Å². The molecule has 3 nitrogen and oxygen atoms in total. The largest absolute Gasteiger partial charge is 0.394 e. The topological polar surface area (TPSA) is 46.5 Å². The number of allylic oxidation sites excluding steroid dienone is 1. The van der Waals surface area contributed by atoms with E-state index in [0.717, 1.165) is 18.3 Å². The van der Waals surface area contributed by atoms with Crippen molar-refractivity contribution in [1.29, 1.82) is 0 Å². The van der Waals surface area contributed by atoms with Crippen molar-refractivity contribution >= 4 is 5.78 Å². The number of Topliss-reactive ketones (excluding diaryl/α,β-unsaturated/α-hetero) is 1. The minimum atomic E-state index is -0.00494. The Labute approximate surface area is 158 Å². The first-order valence-electron chi connectivity index (χ1n) is 10.8. The molecule has 4 rings (SSSR count). The van der Waals surface area contributed by atoms with Gasteiger partial charge in [-0.1, -0.05) is 19.9 Å². The summed E-state index contributed by atoms with van der Waals surface area (Å²) in [6, 6.07) is 0. The normalized spacial score (nSPS) is 50.7. The lowest BCUT2D eigenvalue weighted by Gasteiger charge is -2.62. The van der Waals surface area contributed by atoms with Gasteiger partial charge in [-0.15, -0.1) is 6.58 Å². The molecule has 0 unspecified atom stereocenters. The van der Waals surface area contributed by atoms with Gasteiger partial charge in [-0.05, 0) is 73.5 Å². The van der Waals surface area contributed by atoms with E-state index in [2.05, 4.69) is 26.5 Å². The van der Waals surface area contributed by atoms with Gasteiger partial charge in [-0.2, -0.15) is 0 Å². The number of ether oxygens (including phenoxy) is 1. The zero-order chi connectivity index (χ0) is 18.5. The summed E-state index contributed by atoms with van der Waals surface area (Å²) in [5, 5.41) is 9.27. The number of fused-ring (bicyclic) bond motifs is 5. The number of carbonyl (C=O) groups is 1. The second-order valence-electron chi connectivity index (χ2n) is 10.0. The molecule has 4 fully saturated rings. The molecule has 0 heterocycles. The van der Waals surface area contributed by atoms with Crippen LogP contribution in [0.3, 0.4) is 0 Å². The van der Waals surface area contributed by atoms with Gasteiger partial charge in [0.05, 0.1) is 19.3 Å². The van der Waals surface area contributed by atoms with Gasteiger partial charge in [-0.3, -0.25) is 4.79 Å². The van der Waals surface area contributed by atoms with Crippen LogP contribution in [-0.4, -0.2) is 30.2 Å². The monoisotopic (exact) mass is 360 g/mol. The first-order chi connectivity index (χ1) is 12.4. The van der Waals surface area contributed by atoms with Crippen LogP contribution < -0.4 is 0 Å². The Kier molecular flexibility index (Phi) is 4.84. The average molecular weight is 361 g/mol. The number of rotatable bonds is 4. The molecule has 8 atom stereocenters. The van der Waals surface area contributed by atoms with Gasteiger partial charge in [0.15, 0.2) is 0 Å². The highest BCUT2D eigenvalue weighted by Gasteiger charge is 2.62. The van der Waals surface area contributed by atoms with Crippen molar-refractivity contribution in [1.82, 2.24) is 0 Å². The van der Waals surface area contributed by atoms with Crippen LogP contribution in [0.25, 0.3) is 0 Å². The molecule has 1 N–H and O–H groups in total. The molecule has 0 radical (unpaired) electrons. The lowest BCUT2D eigenvalue weighted by molar-refractivity contribution is -0.184. The molecule has 0 amide bonds. The summed E-state index contributed by atoms with van der Waals surface area (Å²) in [6.45, 7) is 9.48. The summed E-state index contributed by atoms with van der Waals surface area (Å²) in [5.41, 5.74) is 0.525. The van der Waals surface area contributed by atoms with Crippen LogP contribution in [0.4, 0.5) is 0 Å². The zero-order valence-electron chi connectivity index (χ0n) is 16.6. The SMILES string of the molecule is C=C[C@H]1CC[C@H]2[C@@H]3CC[C@H]4CC(=O)C[C@H](OCCO)[C@]4(C)[C@H]3CC[C@@]12C. The van der Waals surface area contributed by atoms with Gasteiger partial charge in [0, 0.05) is 18.3 Å². The molecule has 146 valence electrons. The fourth-order valence-corrected chi connectivity index (χ4v) is 7.94. The van der Waals surface area contributed by atoms with E-state index < -0.39 is 0 Å². The number of hydrogen-bond donors (Lipinski definition) is 1. The predicted molar refractivity (Wildman–Crippen MR) is 103 cm³/mol. The summed E-state index contributed by atoms with van der Waals surface area (Å²) in [5.74, 6) is 3.75. The quantitative estimate of drug-likeness (QED) is 0.757. The zero-order valence-corrected chi connectivity index (χ0v) is 16.6. The molecule has 4 aliphatic carbocycles. The van der Waals surface area contributed by atoms with Gasteiger partial charge < -0.3 is 9.84 Å². The third kappa shape index (κ3) is 2.57. The summed E-state index contributed by atoms with van der Waals surface area (Å²) in [6.07, 6.45) is 11.2. The van der Waals surface area contributed by atoms with E-state index in [4.69, 9.17) is 4.74 Å². The molecule has 0 aliphatic heterocycles. The summed E-state index contributed by atoms with van der Waals surface area (Å²) >= 11 is 0. The highest BCUT2D eigenvalue weighted by molar-refractivity contribution is 5.80. The summed E-state index contributed by atoms with van der Waals surface area (Å²) in [4.78, 5) is 12.4. The fourth-order valence-electron chi connectivity index (χ4n) is 7.94. The lowest BCUT2D eigenvalue weighted by atomic mass is 9.44. The Balaban J connectivity index is 1.64. The van der Waals surface area contributed by atoms with E-state index in [1.165, 1.54) is 38.5 Å². The van der Waals surface area contributed by atoms with E-state index in [1.54, 1.807) is 0 Å². The molecule has 0 aromatic carbocycles. The van der Waals surface area contributed by atoms with Gasteiger partial charge in [0.2, 0.25) is 0 Å². The third-order valence-electron chi connectivity index (χ3n) is 9.31. The van der Waals surface area contributed by atoms with E-state index >= 15 is 0 Å². The maximum atomic E-state index is 12.4. The van der Waals surface area contributed by atoms with Crippen LogP contribution in [-0.2, 0) is 9.53 Å². The number of ketones is 1. The highest BCUT2D eigenvalue weighted by atomic mass is 16.5. The Morgan fingerprint density at radius 1 is 1.15 bits per heavy atom. The number of carbonyl (C=O) groups excluding carboxylic acids is 1. The maximum absolute atomic E-state index is 12.4. The Bertz CT molecular complexity index is 572. The van der Waals surface area contributed by atoms with Crippen molar-refractivity contribution in [3.8, 4) is 0 Å². The predicted octanol–water partition coefficient (Wildman–Crippen LogP) is 4.39. The van der Waals surface area contributed by atoms with E-state index in [0.29, 0.717) is 42.0 Å². The maximum Gasteiger partial charge on any atom is 0.135 e. The number of aliphatic hydroxyl groups excluding tert-OH is 1. The molecular weight excluding hydrogens is 324 g/mol. The average Bonchev–Trinajstić information content (AvgIpc) is 2.96. The first kappa shape index (κ1) is 18.7. The van der Waals surface area contributed by atoms with Crippen LogP contribution in [0.15, 0.2) is 12.7 Å². The molecule has 0 aromatic heterocycles. The van der Waals surface area contributed by atoms with Crippen molar-refractivity contribution < 1.29 is 14.6 Å². The van der Waals surface area contributed by atoms with Crippen LogP contribution >= 0.6 is 0 Å². The molecule has 0 spiro atoms. The van der Waals surface area contributed by atoms with E-state index in [-0.39, 0.29) is 18.1 Å². The van der Waals surface area contributed by atoms with Crippen LogP contribution in [0.2, 0.25) is 0 Å². The molecular formula is C23H36O3. The smallest absolute Gasteiger partial charge is 0.135 e. The minimum absolute atomic E-state index is 0.00494. The van der Waals surface area contributed by atoms with Crippen molar-refractivity contribution in [2.24, 2.45) is 40.4 Å². The van der Waals surface area contributed by atoms with Crippen LogP contribution in [0.1, 0.15) is 65.2 Å². The summed E-state index contributed by atoms with van der Waals surface area (Å²) < 4.78 is 6.12. The third-order valence-corrected chi connectivity index (χ3v) is 9.31. The Hall–Kier alpha value is -0.670. The van der Waals surface area contributed by atoms with Crippen molar-refractivity contribution in [2.45, 2.75) is 71.3 Å². The van der Waals surface area contributed by atoms with Gasteiger partial charge in [0.25, 0.3) is 0 Å². The molecule has 0 saturated heterocycles. The van der Waals surface area contributed by atoms with Gasteiger partial charge in [0.1, 0.15) is 5.78 Å². The van der Waals surface area contributed by atoms with Crippen LogP contribution in [0.5, 0.6) is 0 Å². The molecule has 0 bridgehead atoms. The van der Waals surface area contributed by atoms with E-state index in [9.17, 15) is 9.90 Å². The molecule has 0 aromatic rings. The second-order valence-corrected chi connectivity index (χ2v) is 10.0. The number of aliphatic hydroxyl groups is 1. The molecule has 4 aliphatic rings. The molecule has 26 heavy (non-hydrogen) atoms. The van der Waals surface area contributed by atoms with E-state index in [1.807, 2.05) is 0 Å². The van der Waals surface area contributed by atoms with Crippen LogP contribution in [0, 0.1) is 40.4 Å². The Morgan fingerprint density at radius 2 is 1.96 bits per heavy atom. The second kappa shape index (κ2) is 6.74. The van der Waals surface area contributed by atoms with Crippen molar-refractivity contribution in [2.75, 3.05) is 13.2 Å². The Morgan fingerprint density at radius 3 is 2.69 bits per heavy atom. The summed E-state index contributed by atoms with van der Waals surface area (Å²) in [7, 11) is 0. The molecule has 3 heteroatoms. The van der Waals surface area contributed by atoms with Gasteiger partial charge >= 0.3 is 0 Å². The minimum Gasteiger partial charge on any atom is -0.394 e.